The number of hydrogen-bond acceptors (Lipinski definition) is 1. The van der Waals surface area contributed by atoms with Crippen molar-refractivity contribution >= 4 is 38.6 Å². The van der Waals surface area contributed by atoms with Gasteiger partial charge in [-0.15, -0.1) is 0 Å². The summed E-state index contributed by atoms with van der Waals surface area (Å²) in [5.41, 5.74) is 18.4. The van der Waals surface area contributed by atoms with Crippen LogP contribution in [0.3, 0.4) is 0 Å². The summed E-state index contributed by atoms with van der Waals surface area (Å²) in [7, 11) is 0. The van der Waals surface area contributed by atoms with Crippen molar-refractivity contribution in [3.05, 3.63) is 236 Å². The molecular weight excluding hydrogens is 723 g/mol. The number of anilines is 3. The van der Waals surface area contributed by atoms with Gasteiger partial charge in [-0.05, 0) is 131 Å². The van der Waals surface area contributed by atoms with Crippen molar-refractivity contribution in [2.24, 2.45) is 0 Å². The molecule has 1 nitrogen and oxygen atoms in total. The third-order valence-electron chi connectivity index (χ3n) is 12.7. The van der Waals surface area contributed by atoms with Crippen molar-refractivity contribution in [2.75, 3.05) is 4.90 Å². The largest absolute Gasteiger partial charge is 0.310 e. The third-order valence-corrected chi connectivity index (χ3v) is 12.7. The zero-order valence-electron chi connectivity index (χ0n) is 33.8. The Morgan fingerprint density at radius 1 is 0.283 bits per heavy atom. The smallest absolute Gasteiger partial charge is 0.0465 e. The molecule has 1 aliphatic carbocycles. The van der Waals surface area contributed by atoms with E-state index in [2.05, 4.69) is 243 Å². The van der Waals surface area contributed by atoms with Crippen LogP contribution in [0.25, 0.3) is 77.2 Å². The van der Waals surface area contributed by atoms with Crippen LogP contribution in [-0.4, -0.2) is 0 Å². The number of hydrogen-bond donors (Lipinski definition) is 0. The summed E-state index contributed by atoms with van der Waals surface area (Å²) in [6.45, 7) is 4.71. The first-order valence-corrected chi connectivity index (χ1v) is 20.9. The van der Waals surface area contributed by atoms with E-state index in [9.17, 15) is 0 Å². The van der Waals surface area contributed by atoms with Gasteiger partial charge in [0.15, 0.2) is 0 Å². The van der Waals surface area contributed by atoms with Crippen molar-refractivity contribution < 1.29 is 0 Å². The molecule has 1 heteroatoms. The molecule has 60 heavy (non-hydrogen) atoms. The van der Waals surface area contributed by atoms with Gasteiger partial charge in [0.1, 0.15) is 0 Å². The molecule has 0 N–H and O–H groups in total. The minimum Gasteiger partial charge on any atom is -0.310 e. The summed E-state index contributed by atoms with van der Waals surface area (Å²) in [5.74, 6) is 0. The van der Waals surface area contributed by atoms with Crippen LogP contribution >= 0.6 is 0 Å². The Labute approximate surface area is 352 Å². The maximum absolute atomic E-state index is 2.41. The summed E-state index contributed by atoms with van der Waals surface area (Å²) in [6.07, 6.45) is 0. The standard InChI is InChI=1S/C59H43N/c1-59(2)57-19-11-10-18-54(57)55-37-36-50(39-58(55)59)60(48-32-28-44(29-33-48)42-22-20-41(21-23-42)40-12-4-3-5-13-40)49-34-30-45(31-35-49)43-24-26-46(27-25-43)56-38-47-14-6-7-15-51(47)52-16-8-9-17-53(52)56/h3-39H,1-2H3. The number of fused-ring (bicyclic) bond motifs is 6. The Balaban J connectivity index is 0.943. The van der Waals surface area contributed by atoms with Crippen LogP contribution in [-0.2, 0) is 5.41 Å². The van der Waals surface area contributed by atoms with E-state index in [0.29, 0.717) is 0 Å². The molecule has 0 saturated carbocycles. The van der Waals surface area contributed by atoms with Crippen molar-refractivity contribution in [1.29, 1.82) is 0 Å². The van der Waals surface area contributed by atoms with Gasteiger partial charge < -0.3 is 4.90 Å². The van der Waals surface area contributed by atoms with E-state index in [-0.39, 0.29) is 5.41 Å². The van der Waals surface area contributed by atoms with Crippen LogP contribution < -0.4 is 4.90 Å². The Morgan fingerprint density at radius 3 is 1.33 bits per heavy atom. The monoisotopic (exact) mass is 765 g/mol. The second-order valence-corrected chi connectivity index (χ2v) is 16.5. The van der Waals surface area contributed by atoms with Gasteiger partial charge in [-0.2, -0.15) is 0 Å². The fourth-order valence-corrected chi connectivity index (χ4v) is 9.51. The van der Waals surface area contributed by atoms with E-state index in [4.69, 9.17) is 0 Å². The maximum Gasteiger partial charge on any atom is 0.0465 e. The first-order valence-electron chi connectivity index (χ1n) is 20.9. The fraction of sp³-hybridized carbons (Fsp3) is 0.0508. The van der Waals surface area contributed by atoms with E-state index >= 15 is 0 Å². The molecule has 0 fully saturated rings. The topological polar surface area (TPSA) is 3.24 Å². The highest BCUT2D eigenvalue weighted by atomic mass is 15.1. The van der Waals surface area contributed by atoms with Gasteiger partial charge in [0.25, 0.3) is 0 Å². The van der Waals surface area contributed by atoms with Crippen molar-refractivity contribution in [2.45, 2.75) is 19.3 Å². The molecule has 0 saturated heterocycles. The molecular formula is C59H43N. The Hall–Kier alpha value is -7.48. The summed E-state index contributed by atoms with van der Waals surface area (Å²) in [4.78, 5) is 2.40. The minimum absolute atomic E-state index is 0.0987. The molecule has 10 aromatic carbocycles. The molecule has 0 radical (unpaired) electrons. The van der Waals surface area contributed by atoms with Gasteiger partial charge in [0.2, 0.25) is 0 Å². The molecule has 0 unspecified atom stereocenters. The van der Waals surface area contributed by atoms with Gasteiger partial charge in [-0.1, -0.05) is 196 Å². The molecule has 10 aromatic rings. The maximum atomic E-state index is 2.41. The molecule has 0 heterocycles. The molecule has 0 aliphatic heterocycles. The van der Waals surface area contributed by atoms with E-state index in [1.807, 2.05) is 0 Å². The Morgan fingerprint density at radius 2 is 0.717 bits per heavy atom. The molecule has 0 amide bonds. The lowest BCUT2D eigenvalue weighted by Gasteiger charge is -2.28. The highest BCUT2D eigenvalue weighted by Gasteiger charge is 2.35. The van der Waals surface area contributed by atoms with Crippen molar-refractivity contribution in [3.63, 3.8) is 0 Å². The van der Waals surface area contributed by atoms with Gasteiger partial charge in [-0.25, -0.2) is 0 Å². The molecule has 0 atom stereocenters. The zero-order valence-corrected chi connectivity index (χ0v) is 33.8. The average Bonchev–Trinajstić information content (AvgIpc) is 3.55. The van der Waals surface area contributed by atoms with Gasteiger partial charge in [0, 0.05) is 22.5 Å². The van der Waals surface area contributed by atoms with Crippen LogP contribution in [0.1, 0.15) is 25.0 Å². The van der Waals surface area contributed by atoms with Gasteiger partial charge >= 0.3 is 0 Å². The second-order valence-electron chi connectivity index (χ2n) is 16.5. The Kier molecular flexibility index (Phi) is 8.57. The molecule has 1 aliphatic rings. The van der Waals surface area contributed by atoms with E-state index in [1.165, 1.54) is 88.3 Å². The minimum atomic E-state index is -0.0987. The summed E-state index contributed by atoms with van der Waals surface area (Å²) >= 11 is 0. The highest BCUT2D eigenvalue weighted by Crippen LogP contribution is 2.51. The number of rotatable bonds is 7. The predicted molar refractivity (Wildman–Crippen MR) is 255 cm³/mol. The van der Waals surface area contributed by atoms with Crippen LogP contribution in [0.15, 0.2) is 224 Å². The number of benzene rings is 10. The van der Waals surface area contributed by atoms with E-state index in [1.54, 1.807) is 0 Å². The first-order chi connectivity index (χ1) is 29.5. The lowest BCUT2D eigenvalue weighted by atomic mass is 9.82. The predicted octanol–water partition coefficient (Wildman–Crippen LogP) is 16.4. The van der Waals surface area contributed by atoms with Gasteiger partial charge in [-0.3, -0.25) is 0 Å². The van der Waals surface area contributed by atoms with Gasteiger partial charge in [0.05, 0.1) is 0 Å². The lowest BCUT2D eigenvalue weighted by Crippen LogP contribution is -2.16. The van der Waals surface area contributed by atoms with Crippen molar-refractivity contribution in [3.8, 4) is 55.6 Å². The lowest BCUT2D eigenvalue weighted by molar-refractivity contribution is 0.660. The normalized spacial score (nSPS) is 12.6. The molecule has 0 bridgehead atoms. The van der Waals surface area contributed by atoms with Crippen LogP contribution in [0.2, 0.25) is 0 Å². The summed E-state index contributed by atoms with van der Waals surface area (Å²) in [5, 5.41) is 5.12. The highest BCUT2D eigenvalue weighted by molar-refractivity contribution is 6.13. The molecule has 284 valence electrons. The number of nitrogens with zero attached hydrogens (tertiary/aromatic N) is 1. The molecule has 11 rings (SSSR count). The SMILES string of the molecule is CC1(C)c2ccccc2-c2ccc(N(c3ccc(-c4ccc(-c5ccccc5)cc4)cc3)c3ccc(-c4ccc(-c5cc6ccccc6c6ccccc56)cc4)cc3)cc21. The van der Waals surface area contributed by atoms with Crippen LogP contribution in [0, 0.1) is 0 Å². The third kappa shape index (κ3) is 6.10. The van der Waals surface area contributed by atoms with Crippen LogP contribution in [0.4, 0.5) is 17.1 Å². The van der Waals surface area contributed by atoms with E-state index in [0.717, 1.165) is 17.1 Å². The van der Waals surface area contributed by atoms with E-state index < -0.39 is 0 Å². The first kappa shape index (κ1) is 35.7. The molecule has 0 spiro atoms. The average molecular weight is 766 g/mol. The Bertz CT molecular complexity index is 3180. The van der Waals surface area contributed by atoms with Crippen molar-refractivity contribution in [1.82, 2.24) is 0 Å². The zero-order chi connectivity index (χ0) is 40.2. The molecule has 0 aromatic heterocycles. The fourth-order valence-electron chi connectivity index (χ4n) is 9.51. The quantitative estimate of drug-likeness (QED) is 0.146. The summed E-state index contributed by atoms with van der Waals surface area (Å²) < 4.78 is 0. The van der Waals surface area contributed by atoms with Crippen LogP contribution in [0.5, 0.6) is 0 Å². The summed E-state index contributed by atoms with van der Waals surface area (Å²) in [6, 6.07) is 82.3. The second kappa shape index (κ2) is 14.4.